The third-order valence-corrected chi connectivity index (χ3v) is 3.75. The minimum atomic E-state index is -0.921. The zero-order chi connectivity index (χ0) is 14.8. The first-order valence-electron chi connectivity index (χ1n) is 6.58. The summed E-state index contributed by atoms with van der Waals surface area (Å²) in [6, 6.07) is 14.6. The molecule has 1 aromatic heterocycles. The number of hydrogen-bond donors (Lipinski definition) is 3. The molecular formula is C16H14N2O2S. The van der Waals surface area contributed by atoms with E-state index < -0.39 is 12.0 Å². The third kappa shape index (κ3) is 2.52. The molecule has 3 aromatic rings. The van der Waals surface area contributed by atoms with Gasteiger partial charge in [-0.15, -0.1) is 0 Å². The van der Waals surface area contributed by atoms with Crippen LogP contribution in [-0.2, 0) is 4.79 Å². The van der Waals surface area contributed by atoms with E-state index in [9.17, 15) is 9.90 Å². The first-order chi connectivity index (χ1) is 10.2. The second-order valence-electron chi connectivity index (χ2n) is 4.74. The molecule has 1 atom stereocenters. The molecule has 3 rings (SSSR count). The minimum absolute atomic E-state index is 0.209. The molecule has 0 saturated heterocycles. The van der Waals surface area contributed by atoms with Crippen LogP contribution in [0.2, 0.25) is 0 Å². The molecule has 21 heavy (non-hydrogen) atoms. The number of carbonyl (C=O) groups is 1. The minimum Gasteiger partial charge on any atom is -0.480 e. The Morgan fingerprint density at radius 3 is 2.10 bits per heavy atom. The van der Waals surface area contributed by atoms with Gasteiger partial charge in [0.15, 0.2) is 0 Å². The Balaban J connectivity index is 2.27. The van der Waals surface area contributed by atoms with Crippen molar-refractivity contribution in [1.82, 2.24) is 4.98 Å². The highest BCUT2D eigenvalue weighted by Crippen LogP contribution is 2.31. The van der Waals surface area contributed by atoms with Crippen LogP contribution in [0, 0.1) is 0 Å². The molecule has 2 aromatic carbocycles. The van der Waals surface area contributed by atoms with E-state index in [0.717, 1.165) is 27.5 Å². The largest absolute Gasteiger partial charge is 0.480 e. The van der Waals surface area contributed by atoms with Gasteiger partial charge in [0.1, 0.15) is 6.04 Å². The molecule has 0 unspecified atom stereocenters. The van der Waals surface area contributed by atoms with Gasteiger partial charge in [0, 0.05) is 16.5 Å². The number of nitrogens with one attached hydrogen (secondary N) is 1. The number of benzene rings is 2. The number of thiol groups is 1. The Labute approximate surface area is 127 Å². The molecule has 0 fully saturated rings. The maximum Gasteiger partial charge on any atom is 0.326 e. The van der Waals surface area contributed by atoms with Gasteiger partial charge in [-0.1, -0.05) is 36.4 Å². The number of carboxylic acids is 1. The zero-order valence-electron chi connectivity index (χ0n) is 11.2. The Kier molecular flexibility index (Phi) is 3.66. The fourth-order valence-electron chi connectivity index (χ4n) is 2.36. The Hall–Kier alpha value is -2.27. The van der Waals surface area contributed by atoms with Gasteiger partial charge in [0.2, 0.25) is 0 Å². The van der Waals surface area contributed by atoms with Crippen LogP contribution >= 0.6 is 12.6 Å². The molecule has 0 aliphatic heterocycles. The Morgan fingerprint density at radius 2 is 1.62 bits per heavy atom. The maximum absolute atomic E-state index is 11.3. The van der Waals surface area contributed by atoms with Crippen molar-refractivity contribution in [1.29, 1.82) is 0 Å². The molecule has 0 aliphatic carbocycles. The second kappa shape index (κ2) is 5.61. The number of hydrogen-bond acceptors (Lipinski definition) is 4. The number of fused-ring (bicyclic) bond motifs is 2. The molecule has 106 valence electrons. The van der Waals surface area contributed by atoms with Gasteiger partial charge in [-0.2, -0.15) is 12.6 Å². The van der Waals surface area contributed by atoms with Gasteiger partial charge in [0.05, 0.1) is 16.7 Å². The molecule has 4 nitrogen and oxygen atoms in total. The van der Waals surface area contributed by atoms with E-state index in [0.29, 0.717) is 0 Å². The third-order valence-electron chi connectivity index (χ3n) is 3.39. The first-order valence-corrected chi connectivity index (χ1v) is 7.21. The first kappa shape index (κ1) is 13.7. The summed E-state index contributed by atoms with van der Waals surface area (Å²) in [6.45, 7) is 0. The van der Waals surface area contributed by atoms with Crippen molar-refractivity contribution >= 4 is 46.1 Å². The van der Waals surface area contributed by atoms with Crippen LogP contribution in [0.25, 0.3) is 21.8 Å². The highest BCUT2D eigenvalue weighted by molar-refractivity contribution is 7.80. The second-order valence-corrected chi connectivity index (χ2v) is 5.10. The van der Waals surface area contributed by atoms with Crippen molar-refractivity contribution in [2.45, 2.75) is 6.04 Å². The molecule has 0 radical (unpaired) electrons. The van der Waals surface area contributed by atoms with E-state index in [-0.39, 0.29) is 5.75 Å². The van der Waals surface area contributed by atoms with Gasteiger partial charge >= 0.3 is 5.97 Å². The van der Waals surface area contributed by atoms with Gasteiger partial charge in [-0.05, 0) is 12.1 Å². The summed E-state index contributed by atoms with van der Waals surface area (Å²) < 4.78 is 0. The molecule has 0 amide bonds. The molecule has 0 bridgehead atoms. The summed E-state index contributed by atoms with van der Waals surface area (Å²) in [5, 5.41) is 14.2. The van der Waals surface area contributed by atoms with Gasteiger partial charge in [0.25, 0.3) is 0 Å². The van der Waals surface area contributed by atoms with Crippen LogP contribution in [0.3, 0.4) is 0 Å². The number of nitrogens with zero attached hydrogens (tertiary/aromatic N) is 1. The molecule has 1 heterocycles. The quantitative estimate of drug-likeness (QED) is 0.511. The van der Waals surface area contributed by atoms with E-state index in [1.807, 2.05) is 48.5 Å². The monoisotopic (exact) mass is 298 g/mol. The average molecular weight is 298 g/mol. The lowest BCUT2D eigenvalue weighted by molar-refractivity contribution is -0.137. The van der Waals surface area contributed by atoms with E-state index >= 15 is 0 Å². The lowest BCUT2D eigenvalue weighted by atomic mass is 10.1. The van der Waals surface area contributed by atoms with E-state index in [1.54, 1.807) is 0 Å². The van der Waals surface area contributed by atoms with Gasteiger partial charge in [-0.3, -0.25) is 0 Å². The van der Waals surface area contributed by atoms with Crippen LogP contribution in [-0.4, -0.2) is 27.9 Å². The van der Waals surface area contributed by atoms with Crippen LogP contribution < -0.4 is 5.32 Å². The number of rotatable bonds is 4. The number of pyridine rings is 1. The standard InChI is InChI=1S/C16H14N2O2S/c19-16(20)14(9-21)18-15-10-5-1-3-7-12(10)17-13-8-4-2-6-11(13)15/h1-8,14,21H,9H2,(H,17,18)(H,19,20)/t14-/m0/s1. The normalized spacial score (nSPS) is 12.4. The van der Waals surface area contributed by atoms with E-state index in [2.05, 4.69) is 22.9 Å². The van der Waals surface area contributed by atoms with Crippen molar-refractivity contribution < 1.29 is 9.90 Å². The lowest BCUT2D eigenvalue weighted by Gasteiger charge is -2.17. The van der Waals surface area contributed by atoms with Crippen LogP contribution in [0.1, 0.15) is 0 Å². The fourth-order valence-corrected chi connectivity index (χ4v) is 2.60. The SMILES string of the molecule is O=C(O)[C@H](CS)Nc1c2ccccc2nc2ccccc12. The van der Waals surface area contributed by atoms with Crippen molar-refractivity contribution in [3.8, 4) is 0 Å². The summed E-state index contributed by atoms with van der Waals surface area (Å²) in [4.78, 5) is 15.9. The summed E-state index contributed by atoms with van der Waals surface area (Å²) in [7, 11) is 0. The van der Waals surface area contributed by atoms with E-state index in [1.165, 1.54) is 0 Å². The predicted octanol–water partition coefficient (Wildman–Crippen LogP) is 3.18. The summed E-state index contributed by atoms with van der Waals surface area (Å²) in [5.41, 5.74) is 2.46. The number of para-hydroxylation sites is 2. The Morgan fingerprint density at radius 1 is 1.10 bits per heavy atom. The Bertz CT molecular complexity index is 766. The zero-order valence-corrected chi connectivity index (χ0v) is 12.0. The summed E-state index contributed by atoms with van der Waals surface area (Å²) in [6.07, 6.45) is 0. The average Bonchev–Trinajstić information content (AvgIpc) is 2.51. The topological polar surface area (TPSA) is 62.2 Å². The number of carboxylic acid groups (broad SMARTS) is 1. The molecule has 0 aliphatic rings. The summed E-state index contributed by atoms with van der Waals surface area (Å²) in [5.74, 6) is -0.713. The number of aromatic nitrogens is 1. The summed E-state index contributed by atoms with van der Waals surface area (Å²) >= 11 is 4.11. The van der Waals surface area contributed by atoms with Crippen molar-refractivity contribution in [3.05, 3.63) is 48.5 Å². The fraction of sp³-hybridized carbons (Fsp3) is 0.125. The van der Waals surface area contributed by atoms with Crippen LogP contribution in [0.4, 0.5) is 5.69 Å². The van der Waals surface area contributed by atoms with E-state index in [4.69, 9.17) is 0 Å². The highest BCUT2D eigenvalue weighted by Gasteiger charge is 2.18. The number of anilines is 1. The molecule has 5 heteroatoms. The maximum atomic E-state index is 11.3. The predicted molar refractivity (Wildman–Crippen MR) is 88.1 cm³/mol. The molecular weight excluding hydrogens is 284 g/mol. The van der Waals surface area contributed by atoms with Crippen LogP contribution in [0.15, 0.2) is 48.5 Å². The molecule has 0 saturated carbocycles. The molecule has 2 N–H and O–H groups in total. The van der Waals surface area contributed by atoms with Gasteiger partial charge in [-0.25, -0.2) is 9.78 Å². The van der Waals surface area contributed by atoms with Crippen molar-refractivity contribution in [3.63, 3.8) is 0 Å². The van der Waals surface area contributed by atoms with Gasteiger partial charge < -0.3 is 10.4 Å². The van der Waals surface area contributed by atoms with Crippen molar-refractivity contribution in [2.75, 3.05) is 11.1 Å². The lowest BCUT2D eigenvalue weighted by Crippen LogP contribution is -2.31. The highest BCUT2D eigenvalue weighted by atomic mass is 32.1. The van der Waals surface area contributed by atoms with Crippen LogP contribution in [0.5, 0.6) is 0 Å². The number of aliphatic carboxylic acids is 1. The van der Waals surface area contributed by atoms with Crippen molar-refractivity contribution in [2.24, 2.45) is 0 Å². The molecule has 0 spiro atoms. The smallest absolute Gasteiger partial charge is 0.326 e.